The fraction of sp³-hybridized carbons (Fsp3) is 0.667. The Morgan fingerprint density at radius 3 is 2.55 bits per heavy atom. The van der Waals surface area contributed by atoms with Crippen molar-refractivity contribution in [2.75, 3.05) is 32.7 Å². The number of nitrogens with zero attached hydrogens (tertiary/aromatic N) is 4. The third-order valence-corrected chi connectivity index (χ3v) is 13.0. The van der Waals surface area contributed by atoms with Crippen LogP contribution < -0.4 is 4.43 Å². The monoisotopic (exact) mass is 620 g/mol. The van der Waals surface area contributed by atoms with Crippen LogP contribution in [0.5, 0.6) is 5.75 Å². The van der Waals surface area contributed by atoms with Crippen molar-refractivity contribution >= 4 is 29.3 Å². The summed E-state index contributed by atoms with van der Waals surface area (Å²) in [6, 6.07) is 6.30. The van der Waals surface area contributed by atoms with Gasteiger partial charge in [-0.2, -0.15) is 18.6 Å². The minimum absolute atomic E-state index is 0.0869. The fourth-order valence-electron chi connectivity index (χ4n) is 4.76. The summed E-state index contributed by atoms with van der Waals surface area (Å²) in [6.45, 7) is 17.9. The summed E-state index contributed by atoms with van der Waals surface area (Å²) in [6.07, 6.45) is 8.51. The van der Waals surface area contributed by atoms with Gasteiger partial charge in [0.2, 0.25) is 8.32 Å². The van der Waals surface area contributed by atoms with Gasteiger partial charge in [-0.25, -0.2) is 4.68 Å². The van der Waals surface area contributed by atoms with E-state index in [0.717, 1.165) is 60.0 Å². The Kier molecular flexibility index (Phi) is 9.93. The van der Waals surface area contributed by atoms with Gasteiger partial charge in [0.25, 0.3) is 10.1 Å². The lowest BCUT2D eigenvalue weighted by Gasteiger charge is -2.36. The van der Waals surface area contributed by atoms with Gasteiger partial charge in [0, 0.05) is 42.3 Å². The Labute approximate surface area is 251 Å². The first-order valence-corrected chi connectivity index (χ1v) is 19.6. The Morgan fingerprint density at radius 1 is 1.12 bits per heavy atom. The Morgan fingerprint density at radius 2 is 1.88 bits per heavy atom. The van der Waals surface area contributed by atoms with Crippen LogP contribution in [-0.4, -0.2) is 69.0 Å². The van der Waals surface area contributed by atoms with Crippen molar-refractivity contribution in [2.45, 2.75) is 91.2 Å². The van der Waals surface area contributed by atoms with Crippen molar-refractivity contribution in [1.29, 1.82) is 0 Å². The summed E-state index contributed by atoms with van der Waals surface area (Å²) in [5, 5.41) is 10.9. The summed E-state index contributed by atoms with van der Waals surface area (Å²) in [4.78, 5) is 0. The predicted octanol–water partition coefficient (Wildman–Crippen LogP) is 6.39. The van der Waals surface area contributed by atoms with Crippen LogP contribution in [0.1, 0.15) is 66.5 Å². The normalized spacial score (nSPS) is 17.2. The maximum Gasteiger partial charge on any atom is 0.264 e. The summed E-state index contributed by atoms with van der Waals surface area (Å²) >= 11 is 0. The summed E-state index contributed by atoms with van der Waals surface area (Å²) in [5.41, 5.74) is 2.64. The van der Waals surface area contributed by atoms with E-state index in [-0.39, 0.29) is 23.3 Å². The van der Waals surface area contributed by atoms with Crippen LogP contribution in [0.25, 0.3) is 22.2 Å². The highest BCUT2D eigenvalue weighted by atomic mass is 32.2. The zero-order chi connectivity index (χ0) is 30.8. The van der Waals surface area contributed by atoms with Crippen molar-refractivity contribution in [3.8, 4) is 17.0 Å². The molecule has 234 valence electrons. The van der Waals surface area contributed by atoms with Crippen LogP contribution >= 0.6 is 0 Å². The molecule has 1 atom stereocenters. The molecule has 0 aliphatic carbocycles. The molecule has 3 aromatic rings. The van der Waals surface area contributed by atoms with Crippen LogP contribution in [-0.2, 0) is 30.3 Å². The van der Waals surface area contributed by atoms with Crippen LogP contribution in [0.15, 0.2) is 30.6 Å². The molecule has 2 aromatic heterocycles. The topological polar surface area (TPSA) is 107 Å². The average Bonchev–Trinajstić information content (AvgIpc) is 3.49. The molecule has 1 saturated heterocycles. The maximum absolute atomic E-state index is 11.1. The third-order valence-electron chi connectivity index (χ3n) is 8.01. The lowest BCUT2D eigenvalue weighted by Crippen LogP contribution is -2.43. The van der Waals surface area contributed by atoms with Gasteiger partial charge in [-0.05, 0) is 62.0 Å². The van der Waals surface area contributed by atoms with Crippen molar-refractivity contribution < 1.29 is 26.5 Å². The second-order valence-electron chi connectivity index (χ2n) is 13.7. The van der Waals surface area contributed by atoms with Gasteiger partial charge in [-0.3, -0.25) is 8.86 Å². The fourth-order valence-corrected chi connectivity index (χ4v) is 6.20. The van der Waals surface area contributed by atoms with E-state index in [4.69, 9.17) is 23.2 Å². The molecule has 1 aliphatic rings. The van der Waals surface area contributed by atoms with Gasteiger partial charge in [0.05, 0.1) is 31.2 Å². The molecule has 1 fully saturated rings. The van der Waals surface area contributed by atoms with E-state index in [0.29, 0.717) is 26.2 Å². The molecular weight excluding hydrogens is 573 g/mol. The minimum Gasteiger partial charge on any atom is -0.543 e. The minimum atomic E-state index is -3.42. The second-order valence-corrected chi connectivity index (χ2v) is 20.0. The number of aromatic nitrogens is 4. The lowest BCUT2D eigenvalue weighted by molar-refractivity contribution is -0.0365. The van der Waals surface area contributed by atoms with Crippen LogP contribution in [0, 0.1) is 5.41 Å². The first-order valence-electron chi connectivity index (χ1n) is 14.8. The van der Waals surface area contributed by atoms with Gasteiger partial charge in [-0.1, -0.05) is 34.6 Å². The number of rotatable bonds is 13. The maximum atomic E-state index is 11.1. The van der Waals surface area contributed by atoms with E-state index in [1.54, 1.807) is 0 Å². The molecule has 0 radical (unpaired) electrons. The van der Waals surface area contributed by atoms with Gasteiger partial charge in [0.15, 0.2) is 6.23 Å². The standard InChI is InChI=1S/C30H48N4O6SSi/c1-29(2,3)42(7,8)40-24-13-14-26-25(18-24)28(32-34(26)27-12-9-10-16-38-27)23-19-31-33(20-23)21-30(4,5)22-37-15-11-17-39-41(6,35)36/h13-14,18-20,27H,9-12,15-17,21-22H2,1-8H3. The smallest absolute Gasteiger partial charge is 0.264 e. The van der Waals surface area contributed by atoms with E-state index in [1.807, 2.05) is 21.8 Å². The van der Waals surface area contributed by atoms with Gasteiger partial charge in [0.1, 0.15) is 11.4 Å². The largest absolute Gasteiger partial charge is 0.543 e. The molecule has 1 unspecified atom stereocenters. The zero-order valence-corrected chi connectivity index (χ0v) is 28.3. The summed E-state index contributed by atoms with van der Waals surface area (Å²) in [7, 11) is -5.44. The average molecular weight is 621 g/mol. The van der Waals surface area contributed by atoms with Crippen LogP contribution in [0.3, 0.4) is 0 Å². The second kappa shape index (κ2) is 12.8. The molecule has 12 heteroatoms. The van der Waals surface area contributed by atoms with Gasteiger partial charge < -0.3 is 13.9 Å². The molecule has 3 heterocycles. The van der Waals surface area contributed by atoms with E-state index in [1.165, 1.54) is 0 Å². The highest BCUT2D eigenvalue weighted by molar-refractivity contribution is 7.85. The molecule has 42 heavy (non-hydrogen) atoms. The first-order chi connectivity index (χ1) is 19.5. The number of hydrogen-bond donors (Lipinski definition) is 0. The Balaban J connectivity index is 1.54. The quantitative estimate of drug-likeness (QED) is 0.123. The molecule has 1 aliphatic heterocycles. The van der Waals surface area contributed by atoms with E-state index >= 15 is 0 Å². The lowest BCUT2D eigenvalue weighted by atomic mass is 9.95. The van der Waals surface area contributed by atoms with E-state index in [2.05, 4.69) is 71.0 Å². The molecule has 1 aromatic carbocycles. The van der Waals surface area contributed by atoms with Crippen LogP contribution in [0.4, 0.5) is 0 Å². The van der Waals surface area contributed by atoms with Gasteiger partial charge in [-0.15, -0.1) is 0 Å². The van der Waals surface area contributed by atoms with Gasteiger partial charge >= 0.3 is 0 Å². The molecule has 0 N–H and O–H groups in total. The van der Waals surface area contributed by atoms with Crippen LogP contribution in [0.2, 0.25) is 18.1 Å². The number of hydrogen-bond acceptors (Lipinski definition) is 8. The number of ether oxygens (including phenoxy) is 2. The highest BCUT2D eigenvalue weighted by Crippen LogP contribution is 2.40. The molecule has 0 saturated carbocycles. The molecule has 10 nitrogen and oxygen atoms in total. The molecular formula is C30H48N4O6SSi. The zero-order valence-electron chi connectivity index (χ0n) is 26.5. The molecule has 0 amide bonds. The third kappa shape index (κ3) is 8.43. The molecule has 0 bridgehead atoms. The predicted molar refractivity (Wildman–Crippen MR) is 168 cm³/mol. The van der Waals surface area contributed by atoms with Crippen molar-refractivity contribution in [3.05, 3.63) is 30.6 Å². The molecule has 4 rings (SSSR count). The van der Waals surface area contributed by atoms with E-state index in [9.17, 15) is 8.42 Å². The van der Waals surface area contributed by atoms with E-state index < -0.39 is 18.4 Å². The number of benzene rings is 1. The van der Waals surface area contributed by atoms with Crippen molar-refractivity contribution in [1.82, 2.24) is 19.6 Å². The van der Waals surface area contributed by atoms with Crippen molar-refractivity contribution in [2.24, 2.45) is 5.41 Å². The first kappa shape index (κ1) is 32.7. The van der Waals surface area contributed by atoms with Crippen molar-refractivity contribution in [3.63, 3.8) is 0 Å². The SMILES string of the molecule is CC(C)(COCCCOS(C)(=O)=O)Cn1cc(-c2nn(C3CCCCO3)c3ccc(O[Si](C)(C)C(C)(C)C)cc23)cn1. The Hall–Kier alpha value is -2.25. The number of fused-ring (bicyclic) bond motifs is 1. The summed E-state index contributed by atoms with van der Waals surface area (Å²) in [5.74, 6) is 0.868. The highest BCUT2D eigenvalue weighted by Gasteiger charge is 2.39. The Bertz CT molecular complexity index is 1450. The molecule has 0 spiro atoms. The summed E-state index contributed by atoms with van der Waals surface area (Å²) < 4.78 is 49.6.